The molecular weight excluding hydrogens is 184 g/mol. The summed E-state index contributed by atoms with van der Waals surface area (Å²) in [6.45, 7) is 1.43. The highest BCUT2D eigenvalue weighted by atomic mass is 16.4. The lowest BCUT2D eigenvalue weighted by molar-refractivity contribution is -0.141. The Morgan fingerprint density at radius 2 is 2.36 bits per heavy atom. The minimum absolute atomic E-state index is 0.196. The third-order valence-corrected chi connectivity index (χ3v) is 1.77. The molecule has 1 aromatic rings. The second-order valence-corrected chi connectivity index (χ2v) is 3.02. The van der Waals surface area contributed by atoms with Crippen molar-refractivity contribution >= 4 is 11.9 Å². The molecule has 0 saturated carbocycles. The van der Waals surface area contributed by atoms with Crippen molar-refractivity contribution in [2.24, 2.45) is 0 Å². The van der Waals surface area contributed by atoms with Gasteiger partial charge in [-0.15, -0.1) is 0 Å². The summed E-state index contributed by atoms with van der Waals surface area (Å²) in [5.41, 5.74) is 0.833. The average molecular weight is 196 g/mol. The summed E-state index contributed by atoms with van der Waals surface area (Å²) in [5, 5.41) is 10.9. The highest BCUT2D eigenvalue weighted by Gasteiger charge is 2.13. The number of rotatable bonds is 4. The topological polar surface area (TPSA) is 82.2 Å². The molecule has 14 heavy (non-hydrogen) atoms. The first-order chi connectivity index (χ1) is 6.59. The first kappa shape index (κ1) is 10.3. The molecule has 0 bridgehead atoms. The second-order valence-electron chi connectivity index (χ2n) is 3.02. The maximum Gasteiger partial charge on any atom is 0.325 e. The standard InChI is InChI=1S/C9H12N2O3/c1-6(9(13)14)11-8(12)4-7-2-3-10-5-7/h2-3,5-6,10H,4H2,1H3,(H,11,12)(H,13,14). The summed E-state index contributed by atoms with van der Waals surface area (Å²) in [4.78, 5) is 24.5. The Morgan fingerprint density at radius 3 is 2.86 bits per heavy atom. The van der Waals surface area contributed by atoms with Crippen LogP contribution in [0.4, 0.5) is 0 Å². The van der Waals surface area contributed by atoms with Gasteiger partial charge in [0.05, 0.1) is 6.42 Å². The zero-order valence-corrected chi connectivity index (χ0v) is 7.78. The molecule has 1 rings (SSSR count). The predicted octanol–water partition coefficient (Wildman–Crippen LogP) is 0.146. The largest absolute Gasteiger partial charge is 0.480 e. The van der Waals surface area contributed by atoms with Gasteiger partial charge in [0, 0.05) is 12.4 Å². The molecule has 0 saturated heterocycles. The first-order valence-electron chi connectivity index (χ1n) is 4.23. The number of amides is 1. The number of aromatic nitrogens is 1. The van der Waals surface area contributed by atoms with Crippen LogP contribution in [-0.2, 0) is 16.0 Å². The number of nitrogens with one attached hydrogen (secondary N) is 2. The lowest BCUT2D eigenvalue weighted by Gasteiger charge is -2.07. The van der Waals surface area contributed by atoms with E-state index in [1.165, 1.54) is 6.92 Å². The predicted molar refractivity (Wildman–Crippen MR) is 49.7 cm³/mol. The number of carboxylic acids is 1. The van der Waals surface area contributed by atoms with E-state index in [0.29, 0.717) is 0 Å². The van der Waals surface area contributed by atoms with Crippen LogP contribution >= 0.6 is 0 Å². The van der Waals surface area contributed by atoms with E-state index < -0.39 is 12.0 Å². The molecule has 76 valence electrons. The van der Waals surface area contributed by atoms with Crippen LogP contribution in [0.2, 0.25) is 0 Å². The van der Waals surface area contributed by atoms with Gasteiger partial charge in [-0.05, 0) is 18.6 Å². The van der Waals surface area contributed by atoms with Crippen molar-refractivity contribution in [3.8, 4) is 0 Å². The zero-order chi connectivity index (χ0) is 10.6. The lowest BCUT2D eigenvalue weighted by Crippen LogP contribution is -2.39. The fraction of sp³-hybridized carbons (Fsp3) is 0.333. The van der Waals surface area contributed by atoms with E-state index in [4.69, 9.17) is 5.11 Å². The van der Waals surface area contributed by atoms with Crippen molar-refractivity contribution in [1.29, 1.82) is 0 Å². The van der Waals surface area contributed by atoms with Crippen LogP contribution in [0.5, 0.6) is 0 Å². The second kappa shape index (κ2) is 4.45. The molecule has 0 aliphatic carbocycles. The Morgan fingerprint density at radius 1 is 1.64 bits per heavy atom. The van der Waals surface area contributed by atoms with Crippen LogP contribution < -0.4 is 5.32 Å². The van der Waals surface area contributed by atoms with Crippen molar-refractivity contribution in [2.45, 2.75) is 19.4 Å². The normalized spacial score (nSPS) is 12.1. The molecule has 0 aromatic carbocycles. The molecule has 1 aromatic heterocycles. The number of H-pyrrole nitrogens is 1. The Hall–Kier alpha value is -1.78. The van der Waals surface area contributed by atoms with E-state index in [1.54, 1.807) is 18.5 Å². The Bertz CT molecular complexity index is 319. The summed E-state index contributed by atoms with van der Waals surface area (Å²) in [7, 11) is 0. The van der Waals surface area contributed by atoms with Crippen LogP contribution in [0, 0.1) is 0 Å². The van der Waals surface area contributed by atoms with Crippen molar-refractivity contribution in [2.75, 3.05) is 0 Å². The fourth-order valence-electron chi connectivity index (χ4n) is 1.01. The Kier molecular flexibility index (Phi) is 3.28. The highest BCUT2D eigenvalue weighted by molar-refractivity contribution is 5.84. The van der Waals surface area contributed by atoms with E-state index in [9.17, 15) is 9.59 Å². The minimum atomic E-state index is -1.03. The van der Waals surface area contributed by atoms with Crippen LogP contribution in [-0.4, -0.2) is 28.0 Å². The van der Waals surface area contributed by atoms with Gasteiger partial charge >= 0.3 is 5.97 Å². The first-order valence-corrected chi connectivity index (χ1v) is 4.23. The molecule has 0 aliphatic rings. The number of carbonyl (C=O) groups excluding carboxylic acids is 1. The molecule has 0 fully saturated rings. The van der Waals surface area contributed by atoms with E-state index in [0.717, 1.165) is 5.56 Å². The summed E-state index contributed by atoms with van der Waals surface area (Å²) >= 11 is 0. The van der Waals surface area contributed by atoms with Gasteiger partial charge in [-0.1, -0.05) is 0 Å². The van der Waals surface area contributed by atoms with Crippen LogP contribution in [0.1, 0.15) is 12.5 Å². The van der Waals surface area contributed by atoms with E-state index in [1.807, 2.05) is 0 Å². The van der Waals surface area contributed by atoms with E-state index in [2.05, 4.69) is 10.3 Å². The molecule has 1 heterocycles. The van der Waals surface area contributed by atoms with E-state index >= 15 is 0 Å². The van der Waals surface area contributed by atoms with Crippen molar-refractivity contribution < 1.29 is 14.7 Å². The molecule has 0 aliphatic heterocycles. The number of aliphatic carboxylic acids is 1. The highest BCUT2D eigenvalue weighted by Crippen LogP contribution is 1.97. The van der Waals surface area contributed by atoms with Gasteiger partial charge in [0.1, 0.15) is 6.04 Å². The van der Waals surface area contributed by atoms with Gasteiger partial charge in [-0.3, -0.25) is 9.59 Å². The molecule has 5 nitrogen and oxygen atoms in total. The summed E-state index contributed by atoms with van der Waals surface area (Å²) in [6, 6.07) is 0.923. The number of carbonyl (C=O) groups is 2. The molecule has 0 spiro atoms. The molecule has 1 atom stereocenters. The third-order valence-electron chi connectivity index (χ3n) is 1.77. The van der Waals surface area contributed by atoms with Gasteiger partial charge in [-0.2, -0.15) is 0 Å². The average Bonchev–Trinajstić information content (AvgIpc) is 2.56. The third kappa shape index (κ3) is 2.93. The van der Waals surface area contributed by atoms with Crippen molar-refractivity contribution in [3.05, 3.63) is 24.0 Å². The van der Waals surface area contributed by atoms with Gasteiger partial charge in [-0.25, -0.2) is 0 Å². The van der Waals surface area contributed by atoms with Crippen LogP contribution in [0.25, 0.3) is 0 Å². The monoisotopic (exact) mass is 196 g/mol. The molecule has 0 radical (unpaired) electrons. The number of aromatic amines is 1. The Labute approximate surface area is 81.1 Å². The van der Waals surface area contributed by atoms with Crippen molar-refractivity contribution in [3.63, 3.8) is 0 Å². The van der Waals surface area contributed by atoms with Crippen LogP contribution in [0.15, 0.2) is 18.5 Å². The summed E-state index contributed by atoms with van der Waals surface area (Å²) < 4.78 is 0. The van der Waals surface area contributed by atoms with Gasteiger partial charge in [0.25, 0.3) is 0 Å². The number of hydrogen-bond acceptors (Lipinski definition) is 2. The van der Waals surface area contributed by atoms with Crippen LogP contribution in [0.3, 0.4) is 0 Å². The zero-order valence-electron chi connectivity index (χ0n) is 7.78. The van der Waals surface area contributed by atoms with Gasteiger partial charge < -0.3 is 15.4 Å². The quantitative estimate of drug-likeness (QED) is 0.641. The smallest absolute Gasteiger partial charge is 0.325 e. The van der Waals surface area contributed by atoms with Gasteiger partial charge in [0.15, 0.2) is 0 Å². The SMILES string of the molecule is CC(NC(=O)Cc1cc[nH]c1)C(=O)O. The Balaban J connectivity index is 2.40. The maximum absolute atomic E-state index is 11.2. The van der Waals surface area contributed by atoms with E-state index in [-0.39, 0.29) is 12.3 Å². The maximum atomic E-state index is 11.2. The molecule has 3 N–H and O–H groups in total. The fourth-order valence-corrected chi connectivity index (χ4v) is 1.01. The molecule has 5 heteroatoms. The number of hydrogen-bond donors (Lipinski definition) is 3. The molecular formula is C9H12N2O3. The lowest BCUT2D eigenvalue weighted by atomic mass is 10.2. The minimum Gasteiger partial charge on any atom is -0.480 e. The number of carboxylic acid groups (broad SMARTS) is 1. The van der Waals surface area contributed by atoms with Crippen molar-refractivity contribution in [1.82, 2.24) is 10.3 Å². The molecule has 1 unspecified atom stereocenters. The van der Waals surface area contributed by atoms with Gasteiger partial charge in [0.2, 0.25) is 5.91 Å². The summed E-state index contributed by atoms with van der Waals surface area (Å²) in [5.74, 6) is -1.33. The molecule has 1 amide bonds. The summed E-state index contributed by atoms with van der Waals surface area (Å²) in [6.07, 6.45) is 3.61.